The van der Waals surface area contributed by atoms with Crippen LogP contribution < -0.4 is 9.47 Å². The summed E-state index contributed by atoms with van der Waals surface area (Å²) in [5.74, 6) is 1.87. The van der Waals surface area contributed by atoms with Gasteiger partial charge in [0.25, 0.3) is 5.22 Å². The van der Waals surface area contributed by atoms with Crippen molar-refractivity contribution in [2.75, 3.05) is 12.5 Å². The van der Waals surface area contributed by atoms with Gasteiger partial charge in [-0.05, 0) is 62.4 Å². The van der Waals surface area contributed by atoms with Crippen LogP contribution in [0.2, 0.25) is 5.02 Å². The van der Waals surface area contributed by atoms with E-state index in [1.54, 1.807) is 12.1 Å². The second kappa shape index (κ2) is 8.37. The molecule has 1 aliphatic rings. The molecule has 3 heterocycles. The molecule has 0 spiro atoms. The summed E-state index contributed by atoms with van der Waals surface area (Å²) in [5, 5.41) is 9.14. The average Bonchev–Trinajstić information content (AvgIpc) is 3.51. The maximum atomic E-state index is 12.9. The number of benzene rings is 2. The second-order valence-corrected chi connectivity index (χ2v) is 8.61. The van der Waals surface area contributed by atoms with Crippen LogP contribution in [0.25, 0.3) is 17.1 Å². The van der Waals surface area contributed by atoms with Gasteiger partial charge >= 0.3 is 0 Å². The molecule has 7 nitrogen and oxygen atoms in total. The van der Waals surface area contributed by atoms with E-state index in [1.807, 2.05) is 54.8 Å². The summed E-state index contributed by atoms with van der Waals surface area (Å²) in [5.41, 5.74) is 4.20. The Morgan fingerprint density at radius 1 is 1.06 bits per heavy atom. The highest BCUT2D eigenvalue weighted by Gasteiger charge is 2.20. The van der Waals surface area contributed by atoms with Crippen molar-refractivity contribution in [3.05, 3.63) is 70.5 Å². The molecule has 162 valence electrons. The molecule has 2 aromatic heterocycles. The molecular weight excluding hydrogens is 450 g/mol. The zero-order valence-corrected chi connectivity index (χ0v) is 18.9. The first kappa shape index (κ1) is 20.7. The molecule has 0 aliphatic carbocycles. The number of ketones is 1. The highest BCUT2D eigenvalue weighted by atomic mass is 35.5. The molecule has 0 saturated carbocycles. The first-order valence-corrected chi connectivity index (χ1v) is 11.2. The number of rotatable bonds is 6. The lowest BCUT2D eigenvalue weighted by Gasteiger charge is -2.09. The van der Waals surface area contributed by atoms with Crippen molar-refractivity contribution in [3.63, 3.8) is 0 Å². The minimum atomic E-state index is -0.00820. The summed E-state index contributed by atoms with van der Waals surface area (Å²) in [6.07, 6.45) is 0. The SMILES string of the molecule is Cc1cc(C(=O)CSc2nnc(-c3ccc4c(c3)OCO4)o2)c(C)n1-c1ccc(Cl)cc1. The molecule has 4 aromatic rings. The zero-order chi connectivity index (χ0) is 22.2. The third kappa shape index (κ3) is 3.87. The number of hydrogen-bond acceptors (Lipinski definition) is 7. The molecule has 2 aromatic carbocycles. The molecule has 0 unspecified atom stereocenters. The average molecular weight is 468 g/mol. The minimum Gasteiger partial charge on any atom is -0.454 e. The van der Waals surface area contributed by atoms with Crippen LogP contribution in [0.1, 0.15) is 21.7 Å². The third-order valence-corrected chi connectivity index (χ3v) is 6.24. The zero-order valence-electron chi connectivity index (χ0n) is 17.3. The number of thioether (sulfide) groups is 1. The monoisotopic (exact) mass is 467 g/mol. The fraction of sp³-hybridized carbons (Fsp3) is 0.174. The highest BCUT2D eigenvalue weighted by Crippen LogP contribution is 2.36. The summed E-state index contributed by atoms with van der Waals surface area (Å²) >= 11 is 7.22. The van der Waals surface area contributed by atoms with Gasteiger partial charge in [-0.15, -0.1) is 10.2 Å². The normalized spacial score (nSPS) is 12.3. The van der Waals surface area contributed by atoms with E-state index in [0.29, 0.717) is 33.2 Å². The van der Waals surface area contributed by atoms with Crippen molar-refractivity contribution in [1.82, 2.24) is 14.8 Å². The van der Waals surface area contributed by atoms with Gasteiger partial charge in [0.2, 0.25) is 12.7 Å². The van der Waals surface area contributed by atoms with E-state index in [9.17, 15) is 4.79 Å². The molecule has 0 amide bonds. The van der Waals surface area contributed by atoms with Gasteiger partial charge in [-0.1, -0.05) is 23.4 Å². The van der Waals surface area contributed by atoms with Crippen molar-refractivity contribution in [3.8, 4) is 28.6 Å². The molecule has 0 atom stereocenters. The van der Waals surface area contributed by atoms with Crippen LogP contribution in [0.3, 0.4) is 0 Å². The second-order valence-electron chi connectivity index (χ2n) is 7.25. The first-order valence-electron chi connectivity index (χ1n) is 9.84. The first-order chi connectivity index (χ1) is 15.5. The van der Waals surface area contributed by atoms with E-state index in [1.165, 1.54) is 11.8 Å². The molecule has 9 heteroatoms. The number of aryl methyl sites for hydroxylation is 1. The smallest absolute Gasteiger partial charge is 0.277 e. The summed E-state index contributed by atoms with van der Waals surface area (Å²) in [7, 11) is 0. The maximum absolute atomic E-state index is 12.9. The lowest BCUT2D eigenvalue weighted by atomic mass is 10.2. The lowest BCUT2D eigenvalue weighted by Crippen LogP contribution is -2.05. The number of fused-ring (bicyclic) bond motifs is 1. The van der Waals surface area contributed by atoms with Crippen LogP contribution in [0.5, 0.6) is 11.5 Å². The number of nitrogens with zero attached hydrogens (tertiary/aromatic N) is 3. The quantitative estimate of drug-likeness (QED) is 0.273. The number of halogens is 1. The van der Waals surface area contributed by atoms with Crippen molar-refractivity contribution in [2.45, 2.75) is 19.1 Å². The van der Waals surface area contributed by atoms with Gasteiger partial charge in [-0.3, -0.25) is 4.79 Å². The van der Waals surface area contributed by atoms with Crippen molar-refractivity contribution in [2.24, 2.45) is 0 Å². The van der Waals surface area contributed by atoms with Gasteiger partial charge in [0.15, 0.2) is 17.3 Å². The molecule has 0 saturated heterocycles. The largest absolute Gasteiger partial charge is 0.454 e. The van der Waals surface area contributed by atoms with Crippen molar-refractivity contribution in [1.29, 1.82) is 0 Å². The van der Waals surface area contributed by atoms with E-state index < -0.39 is 0 Å². The molecule has 5 rings (SSSR count). The van der Waals surface area contributed by atoms with Crippen molar-refractivity contribution >= 4 is 29.1 Å². The predicted octanol–water partition coefficient (Wildman–Crippen LogP) is 5.50. The molecule has 0 bridgehead atoms. The molecule has 0 fully saturated rings. The fourth-order valence-electron chi connectivity index (χ4n) is 3.65. The molecule has 0 N–H and O–H groups in total. The summed E-state index contributed by atoms with van der Waals surface area (Å²) in [6.45, 7) is 4.11. The van der Waals surface area contributed by atoms with Gasteiger partial charge in [0.1, 0.15) is 0 Å². The molecule has 0 radical (unpaired) electrons. The maximum Gasteiger partial charge on any atom is 0.277 e. The van der Waals surface area contributed by atoms with Crippen LogP contribution in [-0.4, -0.2) is 33.1 Å². The van der Waals surface area contributed by atoms with Crippen LogP contribution in [0.4, 0.5) is 0 Å². The topological polar surface area (TPSA) is 79.4 Å². The van der Waals surface area contributed by atoms with Gasteiger partial charge in [0.05, 0.1) is 5.75 Å². The predicted molar refractivity (Wildman–Crippen MR) is 121 cm³/mol. The van der Waals surface area contributed by atoms with Crippen LogP contribution in [0, 0.1) is 13.8 Å². The van der Waals surface area contributed by atoms with Crippen LogP contribution in [0.15, 0.2) is 58.2 Å². The van der Waals surface area contributed by atoms with E-state index in [-0.39, 0.29) is 18.3 Å². The Hall–Kier alpha value is -3.23. The van der Waals surface area contributed by atoms with Gasteiger partial charge in [0, 0.05) is 33.2 Å². The number of Topliss-reactive ketones (excluding diaryl/α,β-unsaturated/α-hetero) is 1. The Kier molecular flexibility index (Phi) is 5.40. The van der Waals surface area contributed by atoms with Crippen LogP contribution in [-0.2, 0) is 0 Å². The fourth-order valence-corrected chi connectivity index (χ4v) is 4.42. The van der Waals surface area contributed by atoms with Gasteiger partial charge < -0.3 is 18.5 Å². The van der Waals surface area contributed by atoms with E-state index in [4.69, 9.17) is 25.5 Å². The summed E-state index contributed by atoms with van der Waals surface area (Å²) < 4.78 is 18.5. The summed E-state index contributed by atoms with van der Waals surface area (Å²) in [4.78, 5) is 12.9. The molecule has 32 heavy (non-hydrogen) atoms. The number of hydrogen-bond donors (Lipinski definition) is 0. The summed E-state index contributed by atoms with van der Waals surface area (Å²) in [6, 6.07) is 14.9. The number of aromatic nitrogens is 3. The van der Waals surface area contributed by atoms with Gasteiger partial charge in [-0.2, -0.15) is 0 Å². The van der Waals surface area contributed by atoms with Crippen molar-refractivity contribution < 1.29 is 18.7 Å². The lowest BCUT2D eigenvalue weighted by molar-refractivity contribution is 0.102. The molecular formula is C23H18ClN3O4S. The van der Waals surface area contributed by atoms with Gasteiger partial charge in [-0.25, -0.2) is 0 Å². The minimum absolute atomic E-state index is 0.00820. The highest BCUT2D eigenvalue weighted by molar-refractivity contribution is 7.99. The number of carbonyl (C=O) groups is 1. The Morgan fingerprint density at radius 3 is 2.66 bits per heavy atom. The van der Waals surface area contributed by atoms with E-state index in [0.717, 1.165) is 22.6 Å². The van der Waals surface area contributed by atoms with E-state index >= 15 is 0 Å². The Labute approximate surface area is 193 Å². The van der Waals surface area contributed by atoms with E-state index in [2.05, 4.69) is 10.2 Å². The standard InChI is InChI=1S/C23H18ClN3O4S/c1-13-9-18(14(2)27(13)17-6-4-16(24)5-7-17)19(28)11-32-23-26-25-22(31-23)15-3-8-20-21(10-15)30-12-29-20/h3-10H,11-12H2,1-2H3. The Balaban J connectivity index is 1.30. The third-order valence-electron chi connectivity index (χ3n) is 5.17. The Morgan fingerprint density at radius 2 is 1.84 bits per heavy atom. The molecule has 1 aliphatic heterocycles. The van der Waals surface area contributed by atoms with Crippen LogP contribution >= 0.6 is 23.4 Å². The number of carbonyl (C=O) groups excluding carboxylic acids is 1. The Bertz CT molecular complexity index is 1310. The number of ether oxygens (including phenoxy) is 2.